The summed E-state index contributed by atoms with van der Waals surface area (Å²) in [5.41, 5.74) is 0.680. The summed E-state index contributed by atoms with van der Waals surface area (Å²) in [7, 11) is 1.95. The molecular formula is C19H26N4O2. The number of likely N-dealkylation sites (tertiary alicyclic amines) is 1. The molecule has 1 aliphatic rings. The van der Waals surface area contributed by atoms with Gasteiger partial charge in [0.25, 0.3) is 5.91 Å². The molecule has 0 bridgehead atoms. The molecule has 0 saturated carbocycles. The molecule has 2 aromatic rings. The van der Waals surface area contributed by atoms with Crippen LogP contribution in [0, 0.1) is 5.92 Å². The third-order valence-corrected chi connectivity index (χ3v) is 4.48. The molecule has 1 aromatic carbocycles. The average molecular weight is 342 g/mol. The number of aromatic nitrogens is 3. The van der Waals surface area contributed by atoms with Crippen molar-refractivity contribution in [2.24, 2.45) is 13.0 Å². The van der Waals surface area contributed by atoms with Gasteiger partial charge >= 0.3 is 0 Å². The molecule has 0 aliphatic carbocycles. The van der Waals surface area contributed by atoms with Gasteiger partial charge in [0.2, 0.25) is 0 Å². The SMILES string of the molecule is CC(C)COc1cccc(C(=O)N2CCC[C@@H](c3nncn3C)C2)c1. The summed E-state index contributed by atoms with van der Waals surface area (Å²) in [4.78, 5) is 14.8. The summed E-state index contributed by atoms with van der Waals surface area (Å²) in [5.74, 6) is 2.45. The van der Waals surface area contributed by atoms with Gasteiger partial charge in [0.15, 0.2) is 0 Å². The van der Waals surface area contributed by atoms with Gasteiger partial charge < -0.3 is 14.2 Å². The Balaban J connectivity index is 1.70. The largest absolute Gasteiger partial charge is 0.493 e. The summed E-state index contributed by atoms with van der Waals surface area (Å²) >= 11 is 0. The Morgan fingerprint density at radius 2 is 2.24 bits per heavy atom. The molecule has 0 radical (unpaired) electrons. The first-order valence-electron chi connectivity index (χ1n) is 8.90. The van der Waals surface area contributed by atoms with E-state index in [1.165, 1.54) is 0 Å². The van der Waals surface area contributed by atoms with Gasteiger partial charge in [0, 0.05) is 31.6 Å². The fourth-order valence-corrected chi connectivity index (χ4v) is 3.20. The number of aryl methyl sites for hydroxylation is 1. The van der Waals surface area contributed by atoms with Crippen LogP contribution in [0.15, 0.2) is 30.6 Å². The predicted molar refractivity (Wildman–Crippen MR) is 95.7 cm³/mol. The minimum atomic E-state index is 0.0573. The third kappa shape index (κ3) is 4.18. The van der Waals surface area contributed by atoms with Crippen LogP contribution in [0.4, 0.5) is 0 Å². The fourth-order valence-electron chi connectivity index (χ4n) is 3.20. The zero-order valence-electron chi connectivity index (χ0n) is 15.2. The van der Waals surface area contributed by atoms with E-state index in [2.05, 4.69) is 24.0 Å². The number of rotatable bonds is 5. The first kappa shape index (κ1) is 17.5. The number of nitrogens with zero attached hydrogens (tertiary/aromatic N) is 4. The second kappa shape index (κ2) is 7.68. The molecule has 134 valence electrons. The van der Waals surface area contributed by atoms with Crippen molar-refractivity contribution >= 4 is 5.91 Å². The monoisotopic (exact) mass is 342 g/mol. The highest BCUT2D eigenvalue weighted by molar-refractivity contribution is 5.94. The van der Waals surface area contributed by atoms with E-state index in [1.54, 1.807) is 6.33 Å². The molecule has 2 heterocycles. The van der Waals surface area contributed by atoms with Crippen molar-refractivity contribution in [3.05, 3.63) is 42.0 Å². The standard InChI is InChI=1S/C19H26N4O2/c1-14(2)12-25-17-8-4-6-15(10-17)19(24)23-9-5-7-16(11-23)18-21-20-13-22(18)3/h4,6,8,10,13-14,16H,5,7,9,11-12H2,1-3H3/t16-/m1/s1. The Hall–Kier alpha value is -2.37. The number of hydrogen-bond donors (Lipinski definition) is 0. The Bertz CT molecular complexity index is 726. The summed E-state index contributed by atoms with van der Waals surface area (Å²) < 4.78 is 7.69. The molecule has 25 heavy (non-hydrogen) atoms. The van der Waals surface area contributed by atoms with Crippen LogP contribution in [-0.4, -0.2) is 45.3 Å². The second-order valence-corrected chi connectivity index (χ2v) is 7.12. The quantitative estimate of drug-likeness (QED) is 0.838. The summed E-state index contributed by atoms with van der Waals surface area (Å²) in [6.45, 7) is 6.33. The highest BCUT2D eigenvalue weighted by Gasteiger charge is 2.28. The van der Waals surface area contributed by atoms with Gasteiger partial charge in [-0.3, -0.25) is 4.79 Å². The van der Waals surface area contributed by atoms with Crippen LogP contribution < -0.4 is 4.74 Å². The maximum atomic E-state index is 12.9. The van der Waals surface area contributed by atoms with Gasteiger partial charge in [-0.05, 0) is 37.0 Å². The van der Waals surface area contributed by atoms with Crippen molar-refractivity contribution in [2.75, 3.05) is 19.7 Å². The lowest BCUT2D eigenvalue weighted by molar-refractivity contribution is 0.0703. The fraction of sp³-hybridized carbons (Fsp3) is 0.526. The van der Waals surface area contributed by atoms with Crippen LogP contribution in [0.25, 0.3) is 0 Å². The van der Waals surface area contributed by atoms with Crippen molar-refractivity contribution in [3.63, 3.8) is 0 Å². The molecule has 1 aromatic heterocycles. The Morgan fingerprint density at radius 1 is 1.40 bits per heavy atom. The van der Waals surface area contributed by atoms with E-state index in [0.717, 1.165) is 31.0 Å². The van der Waals surface area contributed by atoms with Gasteiger partial charge in [-0.25, -0.2) is 0 Å². The summed E-state index contributed by atoms with van der Waals surface area (Å²) in [6.07, 6.45) is 3.73. The molecule has 1 saturated heterocycles. The number of carbonyl (C=O) groups is 1. The predicted octanol–water partition coefficient (Wildman–Crippen LogP) is 2.87. The van der Waals surface area contributed by atoms with E-state index in [9.17, 15) is 4.79 Å². The molecule has 1 atom stereocenters. The number of ether oxygens (including phenoxy) is 1. The zero-order valence-corrected chi connectivity index (χ0v) is 15.2. The van der Waals surface area contributed by atoms with Gasteiger partial charge in [0.05, 0.1) is 6.61 Å². The maximum absolute atomic E-state index is 12.9. The van der Waals surface area contributed by atoms with Gasteiger partial charge in [-0.15, -0.1) is 10.2 Å². The van der Waals surface area contributed by atoms with E-state index in [1.807, 2.05) is 40.8 Å². The molecule has 1 fully saturated rings. The summed E-state index contributed by atoms with van der Waals surface area (Å²) in [6, 6.07) is 7.48. The van der Waals surface area contributed by atoms with Gasteiger partial charge in [0.1, 0.15) is 17.9 Å². The Morgan fingerprint density at radius 3 is 2.96 bits per heavy atom. The molecule has 0 spiro atoms. The molecular weight excluding hydrogens is 316 g/mol. The first-order chi connectivity index (χ1) is 12.0. The molecule has 0 unspecified atom stereocenters. The average Bonchev–Trinajstić information content (AvgIpc) is 3.05. The first-order valence-corrected chi connectivity index (χ1v) is 8.90. The van der Waals surface area contributed by atoms with E-state index >= 15 is 0 Å². The molecule has 6 heteroatoms. The van der Waals surface area contributed by atoms with Crippen LogP contribution in [0.1, 0.15) is 48.8 Å². The molecule has 0 N–H and O–H groups in total. The smallest absolute Gasteiger partial charge is 0.254 e. The number of hydrogen-bond acceptors (Lipinski definition) is 4. The Kier molecular flexibility index (Phi) is 5.36. The van der Waals surface area contributed by atoms with Crippen molar-refractivity contribution in [3.8, 4) is 5.75 Å². The Labute approximate surface area is 148 Å². The van der Waals surface area contributed by atoms with Gasteiger partial charge in [-0.2, -0.15) is 0 Å². The van der Waals surface area contributed by atoms with Crippen molar-refractivity contribution in [1.29, 1.82) is 0 Å². The van der Waals surface area contributed by atoms with Crippen LogP contribution >= 0.6 is 0 Å². The minimum absolute atomic E-state index is 0.0573. The second-order valence-electron chi connectivity index (χ2n) is 7.12. The van der Waals surface area contributed by atoms with E-state index in [0.29, 0.717) is 24.6 Å². The number of carbonyl (C=O) groups excluding carboxylic acids is 1. The van der Waals surface area contributed by atoms with Crippen LogP contribution in [0.3, 0.4) is 0 Å². The highest BCUT2D eigenvalue weighted by atomic mass is 16.5. The number of benzene rings is 1. The third-order valence-electron chi connectivity index (χ3n) is 4.48. The van der Waals surface area contributed by atoms with Crippen LogP contribution in [-0.2, 0) is 7.05 Å². The molecule has 1 aliphatic heterocycles. The van der Waals surface area contributed by atoms with Crippen molar-refractivity contribution in [2.45, 2.75) is 32.6 Å². The normalized spacial score (nSPS) is 17.8. The van der Waals surface area contributed by atoms with Crippen LogP contribution in [0.2, 0.25) is 0 Å². The topological polar surface area (TPSA) is 60.2 Å². The number of piperidine rings is 1. The summed E-state index contributed by atoms with van der Waals surface area (Å²) in [5, 5.41) is 8.18. The molecule has 6 nitrogen and oxygen atoms in total. The van der Waals surface area contributed by atoms with Crippen molar-refractivity contribution < 1.29 is 9.53 Å². The lowest BCUT2D eigenvalue weighted by Gasteiger charge is -2.32. The maximum Gasteiger partial charge on any atom is 0.254 e. The zero-order chi connectivity index (χ0) is 17.8. The van der Waals surface area contributed by atoms with Crippen LogP contribution in [0.5, 0.6) is 5.75 Å². The highest BCUT2D eigenvalue weighted by Crippen LogP contribution is 2.26. The van der Waals surface area contributed by atoms with Gasteiger partial charge in [-0.1, -0.05) is 19.9 Å². The lowest BCUT2D eigenvalue weighted by Crippen LogP contribution is -2.39. The lowest BCUT2D eigenvalue weighted by atomic mass is 9.96. The van der Waals surface area contributed by atoms with E-state index < -0.39 is 0 Å². The van der Waals surface area contributed by atoms with E-state index in [4.69, 9.17) is 4.74 Å². The van der Waals surface area contributed by atoms with Crippen molar-refractivity contribution in [1.82, 2.24) is 19.7 Å². The molecule has 3 rings (SSSR count). The number of amides is 1. The minimum Gasteiger partial charge on any atom is -0.493 e. The van der Waals surface area contributed by atoms with E-state index in [-0.39, 0.29) is 11.8 Å². The molecule has 1 amide bonds.